The van der Waals surface area contributed by atoms with E-state index in [1.807, 2.05) is 0 Å². The summed E-state index contributed by atoms with van der Waals surface area (Å²) in [5.41, 5.74) is -1.48. The van der Waals surface area contributed by atoms with Gasteiger partial charge in [0, 0.05) is 13.7 Å². The van der Waals surface area contributed by atoms with Crippen LogP contribution in [0.1, 0.15) is 13.3 Å². The van der Waals surface area contributed by atoms with Gasteiger partial charge in [-0.3, -0.25) is 9.59 Å². The number of hydrogen-bond acceptors (Lipinski definition) is 4. The van der Waals surface area contributed by atoms with Crippen molar-refractivity contribution in [3.63, 3.8) is 0 Å². The normalized spacial score (nSPS) is 14.3. The van der Waals surface area contributed by atoms with Crippen LogP contribution in [0.25, 0.3) is 0 Å². The Balaban J connectivity index is 4.27. The molecule has 0 saturated carbocycles. The standard InChI is InChI=1S/C9H17NO5/c1-9(8(13)14,7(12)10-2)3-5-15-6-4-11/h11H,3-6H2,1-2H3,(H,10,12)(H,13,14). The zero-order valence-corrected chi connectivity index (χ0v) is 8.95. The first kappa shape index (κ1) is 13.9. The summed E-state index contributed by atoms with van der Waals surface area (Å²) in [6, 6.07) is 0. The molecule has 0 fully saturated rings. The second-order valence-electron chi connectivity index (χ2n) is 3.30. The van der Waals surface area contributed by atoms with Crippen LogP contribution < -0.4 is 5.32 Å². The summed E-state index contributed by atoms with van der Waals surface area (Å²) in [6.07, 6.45) is 0.0714. The number of ether oxygens (including phenoxy) is 1. The Morgan fingerprint density at radius 1 is 1.40 bits per heavy atom. The summed E-state index contributed by atoms with van der Waals surface area (Å²) in [6.45, 7) is 1.49. The van der Waals surface area contributed by atoms with Crippen LogP contribution >= 0.6 is 0 Å². The van der Waals surface area contributed by atoms with Crippen molar-refractivity contribution in [2.45, 2.75) is 13.3 Å². The van der Waals surface area contributed by atoms with Gasteiger partial charge in [-0.25, -0.2) is 0 Å². The number of nitrogens with one attached hydrogen (secondary N) is 1. The monoisotopic (exact) mass is 219 g/mol. The number of aliphatic hydroxyl groups is 1. The molecule has 0 aromatic heterocycles. The number of aliphatic carboxylic acids is 1. The van der Waals surface area contributed by atoms with Crippen LogP contribution in [0.2, 0.25) is 0 Å². The van der Waals surface area contributed by atoms with Crippen molar-refractivity contribution >= 4 is 11.9 Å². The van der Waals surface area contributed by atoms with Gasteiger partial charge < -0.3 is 20.3 Å². The largest absolute Gasteiger partial charge is 0.480 e. The minimum atomic E-state index is -1.48. The second-order valence-corrected chi connectivity index (χ2v) is 3.30. The van der Waals surface area contributed by atoms with Crippen molar-refractivity contribution in [1.82, 2.24) is 5.32 Å². The molecule has 0 bridgehead atoms. The summed E-state index contributed by atoms with van der Waals surface area (Å²) in [5.74, 6) is -1.74. The van der Waals surface area contributed by atoms with Gasteiger partial charge in [-0.1, -0.05) is 0 Å². The maximum absolute atomic E-state index is 11.3. The summed E-state index contributed by atoms with van der Waals surface area (Å²) < 4.78 is 4.93. The van der Waals surface area contributed by atoms with Gasteiger partial charge in [0.2, 0.25) is 5.91 Å². The molecule has 0 heterocycles. The van der Waals surface area contributed by atoms with E-state index in [-0.39, 0.29) is 26.2 Å². The molecule has 6 nitrogen and oxygen atoms in total. The number of hydrogen-bond donors (Lipinski definition) is 3. The van der Waals surface area contributed by atoms with Crippen LogP contribution in [0.3, 0.4) is 0 Å². The van der Waals surface area contributed by atoms with Gasteiger partial charge in [0.1, 0.15) is 5.41 Å². The number of carbonyl (C=O) groups is 2. The summed E-state index contributed by atoms with van der Waals surface area (Å²) in [5, 5.41) is 19.7. The number of carboxylic acids is 1. The Kier molecular flexibility index (Phi) is 5.88. The minimum Gasteiger partial charge on any atom is -0.480 e. The third-order valence-corrected chi connectivity index (χ3v) is 2.18. The molecule has 0 aliphatic rings. The van der Waals surface area contributed by atoms with Gasteiger partial charge in [0.25, 0.3) is 0 Å². The lowest BCUT2D eigenvalue weighted by atomic mass is 9.86. The van der Waals surface area contributed by atoms with E-state index in [1.165, 1.54) is 14.0 Å². The molecule has 88 valence electrons. The molecular weight excluding hydrogens is 202 g/mol. The summed E-state index contributed by atoms with van der Waals surface area (Å²) in [7, 11) is 1.39. The van der Waals surface area contributed by atoms with Crippen LogP contribution in [0.15, 0.2) is 0 Å². The Bertz CT molecular complexity index is 231. The van der Waals surface area contributed by atoms with Gasteiger partial charge in [-0.2, -0.15) is 0 Å². The number of rotatable bonds is 7. The highest BCUT2D eigenvalue weighted by molar-refractivity contribution is 6.01. The van der Waals surface area contributed by atoms with Crippen LogP contribution in [0, 0.1) is 5.41 Å². The number of carbonyl (C=O) groups excluding carboxylic acids is 1. The fourth-order valence-corrected chi connectivity index (χ4v) is 1.04. The van der Waals surface area contributed by atoms with Crippen molar-refractivity contribution in [3.8, 4) is 0 Å². The number of carboxylic acid groups (broad SMARTS) is 1. The van der Waals surface area contributed by atoms with E-state index in [9.17, 15) is 9.59 Å². The summed E-state index contributed by atoms with van der Waals surface area (Å²) >= 11 is 0. The number of amides is 1. The molecule has 0 aromatic rings. The van der Waals surface area contributed by atoms with E-state index < -0.39 is 17.3 Å². The first-order valence-electron chi connectivity index (χ1n) is 4.63. The maximum atomic E-state index is 11.3. The third-order valence-electron chi connectivity index (χ3n) is 2.18. The zero-order valence-electron chi connectivity index (χ0n) is 8.95. The Morgan fingerprint density at radius 3 is 2.40 bits per heavy atom. The average molecular weight is 219 g/mol. The van der Waals surface area contributed by atoms with Crippen molar-refractivity contribution in [2.75, 3.05) is 26.9 Å². The molecule has 0 spiro atoms. The second kappa shape index (κ2) is 6.36. The smallest absolute Gasteiger partial charge is 0.319 e. The molecule has 15 heavy (non-hydrogen) atoms. The van der Waals surface area contributed by atoms with Crippen molar-refractivity contribution < 1.29 is 24.5 Å². The van der Waals surface area contributed by atoms with Gasteiger partial charge in [0.15, 0.2) is 0 Å². The molecular formula is C9H17NO5. The van der Waals surface area contributed by atoms with Gasteiger partial charge in [-0.15, -0.1) is 0 Å². The average Bonchev–Trinajstić information content (AvgIpc) is 2.22. The molecule has 0 saturated heterocycles. The first-order chi connectivity index (χ1) is 6.99. The van der Waals surface area contributed by atoms with E-state index in [2.05, 4.69) is 5.32 Å². The Morgan fingerprint density at radius 2 is 2.00 bits per heavy atom. The van der Waals surface area contributed by atoms with Crippen LogP contribution in [0.4, 0.5) is 0 Å². The number of aliphatic hydroxyl groups excluding tert-OH is 1. The van der Waals surface area contributed by atoms with E-state index in [0.717, 1.165) is 0 Å². The van der Waals surface area contributed by atoms with E-state index >= 15 is 0 Å². The molecule has 6 heteroatoms. The quantitative estimate of drug-likeness (QED) is 0.385. The first-order valence-corrected chi connectivity index (χ1v) is 4.63. The Labute approximate surface area is 88.2 Å². The molecule has 0 aliphatic carbocycles. The van der Waals surface area contributed by atoms with Crippen LogP contribution in [0.5, 0.6) is 0 Å². The predicted molar refractivity (Wildman–Crippen MR) is 52.3 cm³/mol. The Hall–Kier alpha value is -1.14. The molecule has 3 N–H and O–H groups in total. The maximum Gasteiger partial charge on any atom is 0.319 e. The molecule has 0 aliphatic heterocycles. The lowest BCUT2D eigenvalue weighted by Gasteiger charge is -2.22. The lowest BCUT2D eigenvalue weighted by Crippen LogP contribution is -2.43. The highest BCUT2D eigenvalue weighted by Gasteiger charge is 2.40. The SMILES string of the molecule is CNC(=O)C(C)(CCOCCO)C(=O)O. The molecule has 0 radical (unpaired) electrons. The molecule has 1 amide bonds. The van der Waals surface area contributed by atoms with Crippen molar-refractivity contribution in [1.29, 1.82) is 0 Å². The molecule has 0 aromatic carbocycles. The lowest BCUT2D eigenvalue weighted by molar-refractivity contribution is -0.155. The van der Waals surface area contributed by atoms with E-state index in [4.69, 9.17) is 14.9 Å². The minimum absolute atomic E-state index is 0.0714. The van der Waals surface area contributed by atoms with E-state index in [0.29, 0.717) is 0 Å². The fraction of sp³-hybridized carbons (Fsp3) is 0.778. The van der Waals surface area contributed by atoms with E-state index in [1.54, 1.807) is 0 Å². The van der Waals surface area contributed by atoms with Crippen molar-refractivity contribution in [2.24, 2.45) is 5.41 Å². The molecule has 0 rings (SSSR count). The highest BCUT2D eigenvalue weighted by atomic mass is 16.5. The molecule has 1 atom stereocenters. The summed E-state index contributed by atoms with van der Waals surface area (Å²) in [4.78, 5) is 22.3. The van der Waals surface area contributed by atoms with Crippen molar-refractivity contribution in [3.05, 3.63) is 0 Å². The zero-order chi connectivity index (χ0) is 11.9. The highest BCUT2D eigenvalue weighted by Crippen LogP contribution is 2.21. The van der Waals surface area contributed by atoms with Gasteiger partial charge in [-0.05, 0) is 13.3 Å². The predicted octanol–water partition coefficient (Wildman–Crippen LogP) is -0.778. The van der Waals surface area contributed by atoms with Gasteiger partial charge in [0.05, 0.1) is 13.2 Å². The van der Waals surface area contributed by atoms with Gasteiger partial charge >= 0.3 is 5.97 Å². The van der Waals surface area contributed by atoms with Crippen LogP contribution in [-0.2, 0) is 14.3 Å². The molecule has 1 unspecified atom stereocenters. The third kappa shape index (κ3) is 3.85. The fourth-order valence-electron chi connectivity index (χ4n) is 1.04. The van der Waals surface area contributed by atoms with Crippen LogP contribution in [-0.4, -0.2) is 49.0 Å². The topological polar surface area (TPSA) is 95.9 Å².